The van der Waals surface area contributed by atoms with E-state index in [1.165, 1.54) is 36.6 Å². The van der Waals surface area contributed by atoms with E-state index >= 15 is 0 Å². The zero-order chi connectivity index (χ0) is 17.3. The Labute approximate surface area is 153 Å². The van der Waals surface area contributed by atoms with Crippen LogP contribution in [-0.4, -0.2) is 19.2 Å². The number of hydrogen-bond donors (Lipinski definition) is 0. The Morgan fingerprint density at radius 3 is 2.67 bits per heavy atom. The lowest BCUT2D eigenvalue weighted by molar-refractivity contribution is 0.0883. The van der Waals surface area contributed by atoms with Gasteiger partial charge in [-0.05, 0) is 65.4 Å². The zero-order valence-corrected chi connectivity index (χ0v) is 17.5. The molecule has 5 heteroatoms. The monoisotopic (exact) mass is 411 g/mol. The van der Waals surface area contributed by atoms with Gasteiger partial charge in [-0.15, -0.1) is 0 Å². The van der Waals surface area contributed by atoms with E-state index in [2.05, 4.69) is 40.1 Å². The lowest BCUT2D eigenvalue weighted by atomic mass is 10.1. The summed E-state index contributed by atoms with van der Waals surface area (Å²) < 4.78 is 23.1. The highest BCUT2D eigenvalue weighted by Crippen LogP contribution is 2.36. The molecule has 0 spiro atoms. The molecule has 1 aliphatic rings. The Morgan fingerprint density at radius 2 is 1.92 bits per heavy atom. The fourth-order valence-corrected chi connectivity index (χ4v) is 4.94. The van der Waals surface area contributed by atoms with Crippen LogP contribution in [0.3, 0.4) is 0 Å². The van der Waals surface area contributed by atoms with Crippen LogP contribution in [0.15, 0.2) is 16.6 Å². The van der Waals surface area contributed by atoms with E-state index < -0.39 is 8.07 Å². The minimum absolute atomic E-state index is 0.168. The number of rotatable bonds is 5. The first-order chi connectivity index (χ1) is 11.4. The summed E-state index contributed by atoms with van der Waals surface area (Å²) in [5, 5.41) is 1.06. The van der Waals surface area contributed by atoms with Gasteiger partial charge in [0.25, 0.3) is 0 Å². The van der Waals surface area contributed by atoms with Crippen molar-refractivity contribution in [2.24, 2.45) is 0 Å². The van der Waals surface area contributed by atoms with Crippen molar-refractivity contribution in [2.45, 2.75) is 64.5 Å². The molecule has 1 aliphatic carbocycles. The lowest BCUT2D eigenvalue weighted by Gasteiger charge is -2.17. The van der Waals surface area contributed by atoms with Gasteiger partial charge >= 0.3 is 0 Å². The van der Waals surface area contributed by atoms with Crippen molar-refractivity contribution in [3.63, 3.8) is 0 Å². The molecule has 2 nitrogen and oxygen atoms in total. The molecule has 0 saturated carbocycles. The fraction of sp³-hybridized carbons (Fsp3) is 0.579. The first kappa shape index (κ1) is 18.1. The number of ether oxygens (including phenoxy) is 1. The molecule has 24 heavy (non-hydrogen) atoms. The number of fused-ring (bicyclic) bond motifs is 3. The van der Waals surface area contributed by atoms with Gasteiger partial charge in [-0.1, -0.05) is 26.1 Å². The van der Waals surface area contributed by atoms with Crippen LogP contribution in [0.5, 0.6) is 0 Å². The van der Waals surface area contributed by atoms with E-state index in [0.717, 1.165) is 34.8 Å². The molecule has 1 heterocycles. The third-order valence-electron chi connectivity index (χ3n) is 4.85. The third kappa shape index (κ3) is 3.94. The van der Waals surface area contributed by atoms with Gasteiger partial charge < -0.3 is 9.30 Å². The summed E-state index contributed by atoms with van der Waals surface area (Å²) in [7, 11) is -1.08. The van der Waals surface area contributed by atoms with E-state index in [4.69, 9.17) is 4.74 Å². The topological polar surface area (TPSA) is 14.2 Å². The van der Waals surface area contributed by atoms with Gasteiger partial charge in [-0.2, -0.15) is 0 Å². The smallest absolute Gasteiger partial charge is 0.125 e. The minimum atomic E-state index is -1.08. The Kier molecular flexibility index (Phi) is 5.52. The average Bonchev–Trinajstić information content (AvgIpc) is 2.64. The Balaban J connectivity index is 1.95. The maximum Gasteiger partial charge on any atom is 0.125 e. The summed E-state index contributed by atoms with van der Waals surface area (Å²) in [5.41, 5.74) is 3.77. The molecule has 1 aromatic carbocycles. The largest absolute Gasteiger partial charge is 0.361 e. The molecule has 132 valence electrons. The SMILES string of the molecule is C[Si](C)(C)CCOCn1c2c(c3cc(F)cc(Br)c31)CCCCC2. The van der Waals surface area contributed by atoms with Gasteiger partial charge in [0.1, 0.15) is 12.5 Å². The highest BCUT2D eigenvalue weighted by molar-refractivity contribution is 9.10. The zero-order valence-electron chi connectivity index (χ0n) is 14.9. The third-order valence-corrected chi connectivity index (χ3v) is 7.16. The Hall–Kier alpha value is -0.653. The van der Waals surface area contributed by atoms with Crippen LogP contribution in [0.4, 0.5) is 4.39 Å². The van der Waals surface area contributed by atoms with Gasteiger partial charge in [0.05, 0.1) is 5.52 Å². The Morgan fingerprint density at radius 1 is 1.17 bits per heavy atom. The predicted molar refractivity (Wildman–Crippen MR) is 105 cm³/mol. The molecule has 0 N–H and O–H groups in total. The predicted octanol–water partition coefficient (Wildman–Crippen LogP) is 6.12. The molecule has 0 amide bonds. The number of benzene rings is 1. The number of aromatic nitrogens is 1. The van der Waals surface area contributed by atoms with Crippen molar-refractivity contribution in [2.75, 3.05) is 6.61 Å². The molecule has 3 rings (SSSR count). The van der Waals surface area contributed by atoms with Crippen LogP contribution in [0.1, 0.15) is 30.5 Å². The van der Waals surface area contributed by atoms with Crippen LogP contribution >= 0.6 is 15.9 Å². The van der Waals surface area contributed by atoms with Crippen LogP contribution in [0.2, 0.25) is 25.7 Å². The molecule has 0 saturated heterocycles. The lowest BCUT2D eigenvalue weighted by Crippen LogP contribution is -2.22. The first-order valence-electron chi connectivity index (χ1n) is 8.93. The average molecular weight is 412 g/mol. The molecule has 0 bridgehead atoms. The van der Waals surface area contributed by atoms with Crippen molar-refractivity contribution < 1.29 is 9.13 Å². The van der Waals surface area contributed by atoms with E-state index in [1.54, 1.807) is 12.1 Å². The standard InChI is InChI=1S/C19H27BrFNOSi/c1-24(2,3)10-9-23-13-22-18-8-6-4-5-7-15(18)16-11-14(21)12-17(20)19(16)22/h11-12H,4-10,13H2,1-3H3. The molecule has 2 aromatic rings. The molecule has 0 aliphatic heterocycles. The maximum absolute atomic E-state index is 14.0. The van der Waals surface area contributed by atoms with Crippen LogP contribution in [-0.2, 0) is 24.3 Å². The summed E-state index contributed by atoms with van der Waals surface area (Å²) >= 11 is 3.58. The number of hydrogen-bond acceptors (Lipinski definition) is 1. The van der Waals surface area contributed by atoms with Crippen LogP contribution < -0.4 is 0 Å². The minimum Gasteiger partial charge on any atom is -0.361 e. The molecule has 0 atom stereocenters. The summed E-state index contributed by atoms with van der Waals surface area (Å²) in [4.78, 5) is 0. The van der Waals surface area contributed by atoms with E-state index in [-0.39, 0.29) is 5.82 Å². The van der Waals surface area contributed by atoms with Gasteiger partial charge in [-0.3, -0.25) is 0 Å². The van der Waals surface area contributed by atoms with E-state index in [9.17, 15) is 4.39 Å². The van der Waals surface area contributed by atoms with Crippen molar-refractivity contribution in [1.29, 1.82) is 0 Å². The second-order valence-electron chi connectivity index (χ2n) is 8.05. The van der Waals surface area contributed by atoms with Crippen molar-refractivity contribution >= 4 is 34.9 Å². The van der Waals surface area contributed by atoms with Gasteiger partial charge in [0, 0.05) is 30.2 Å². The number of aryl methyl sites for hydroxylation is 1. The number of halogens is 2. The summed E-state index contributed by atoms with van der Waals surface area (Å²) in [6, 6.07) is 4.44. The maximum atomic E-state index is 14.0. The van der Waals surface area contributed by atoms with Gasteiger partial charge in [0.15, 0.2) is 0 Å². The second kappa shape index (κ2) is 7.30. The first-order valence-corrected chi connectivity index (χ1v) is 13.4. The van der Waals surface area contributed by atoms with Gasteiger partial charge in [0.2, 0.25) is 0 Å². The molecule has 1 aromatic heterocycles. The summed E-state index contributed by atoms with van der Waals surface area (Å²) in [6.07, 6.45) is 5.76. The fourth-order valence-electron chi connectivity index (χ4n) is 3.54. The Bertz CT molecular complexity index is 735. The summed E-state index contributed by atoms with van der Waals surface area (Å²) in [5.74, 6) is -0.168. The molecule has 0 radical (unpaired) electrons. The molecular formula is C19H27BrFNOSi. The summed E-state index contributed by atoms with van der Waals surface area (Å²) in [6.45, 7) is 8.48. The van der Waals surface area contributed by atoms with Gasteiger partial charge in [-0.25, -0.2) is 4.39 Å². The van der Waals surface area contributed by atoms with Crippen molar-refractivity contribution in [3.8, 4) is 0 Å². The van der Waals surface area contributed by atoms with Crippen LogP contribution in [0.25, 0.3) is 10.9 Å². The van der Waals surface area contributed by atoms with Crippen molar-refractivity contribution in [3.05, 3.63) is 33.7 Å². The second-order valence-corrected chi connectivity index (χ2v) is 14.5. The normalized spacial score (nSPS) is 15.5. The number of nitrogens with zero attached hydrogens (tertiary/aromatic N) is 1. The quantitative estimate of drug-likeness (QED) is 0.328. The molecular weight excluding hydrogens is 385 g/mol. The highest BCUT2D eigenvalue weighted by Gasteiger charge is 2.21. The van der Waals surface area contributed by atoms with E-state index in [1.807, 2.05) is 0 Å². The van der Waals surface area contributed by atoms with Crippen LogP contribution in [0, 0.1) is 5.82 Å². The molecule has 0 unspecified atom stereocenters. The highest BCUT2D eigenvalue weighted by atomic mass is 79.9. The molecule has 0 fully saturated rings. The van der Waals surface area contributed by atoms with E-state index in [0.29, 0.717) is 6.73 Å². The van der Waals surface area contributed by atoms with Crippen molar-refractivity contribution in [1.82, 2.24) is 4.57 Å².